The molecule has 0 unspecified atom stereocenters. The highest BCUT2D eigenvalue weighted by Gasteiger charge is 2.54. The van der Waals surface area contributed by atoms with Crippen LogP contribution in [0.15, 0.2) is 84.9 Å². The number of carbonyl (C=O) groups is 4. The third-order valence-electron chi connectivity index (χ3n) is 6.44. The molecule has 3 aromatic rings. The molecule has 1 aliphatic rings. The van der Waals surface area contributed by atoms with E-state index in [1.165, 1.54) is 0 Å². The molecule has 36 heavy (non-hydrogen) atoms. The summed E-state index contributed by atoms with van der Waals surface area (Å²) in [5.74, 6) is -0.999. The summed E-state index contributed by atoms with van der Waals surface area (Å²) in [5, 5.41) is 2.85. The predicted octanol–water partition coefficient (Wildman–Crippen LogP) is 4.24. The number of rotatable bonds is 9. The van der Waals surface area contributed by atoms with Gasteiger partial charge in [-0.3, -0.25) is 19.3 Å². The van der Waals surface area contributed by atoms with Gasteiger partial charge in [-0.05, 0) is 36.6 Å². The number of hydrogen-bond donors (Lipinski definition) is 1. The number of hydrogen-bond acceptors (Lipinski definition) is 4. The number of imide groups is 1. The lowest BCUT2D eigenvalue weighted by Crippen LogP contribution is -2.45. The van der Waals surface area contributed by atoms with Crippen LogP contribution in [0.3, 0.4) is 0 Å². The zero-order chi connectivity index (χ0) is 25.7. The number of urea groups is 1. The molecule has 7 heteroatoms. The summed E-state index contributed by atoms with van der Waals surface area (Å²) in [6, 6.07) is 23.7. The first-order valence-electron chi connectivity index (χ1n) is 12.1. The third kappa shape index (κ3) is 4.52. The second-order valence-corrected chi connectivity index (χ2v) is 8.69. The van der Waals surface area contributed by atoms with Crippen LogP contribution in [0.5, 0.6) is 0 Å². The average Bonchev–Trinajstić information content (AvgIpc) is 3.18. The Morgan fingerprint density at radius 3 is 1.83 bits per heavy atom. The number of nitrogens with zero attached hydrogens (tertiary/aromatic N) is 2. The fourth-order valence-corrected chi connectivity index (χ4v) is 4.54. The normalized spacial score (nSPS) is 14.4. The Labute approximate surface area is 210 Å². The van der Waals surface area contributed by atoms with Gasteiger partial charge in [0.05, 0.1) is 6.54 Å². The van der Waals surface area contributed by atoms with E-state index in [1.54, 1.807) is 77.7 Å². The van der Waals surface area contributed by atoms with Crippen molar-refractivity contribution in [3.8, 4) is 0 Å². The second kappa shape index (κ2) is 10.6. The van der Waals surface area contributed by atoms with Gasteiger partial charge in [0, 0.05) is 24.2 Å². The Bertz CT molecular complexity index is 1220. The van der Waals surface area contributed by atoms with E-state index in [2.05, 4.69) is 5.32 Å². The molecule has 0 bridgehead atoms. The van der Waals surface area contributed by atoms with Crippen LogP contribution < -0.4 is 5.32 Å². The van der Waals surface area contributed by atoms with Crippen LogP contribution in [0.4, 0.5) is 4.79 Å². The van der Waals surface area contributed by atoms with E-state index < -0.39 is 29.8 Å². The molecule has 0 aliphatic carbocycles. The smallest absolute Gasteiger partial charge is 0.325 e. The minimum Gasteiger partial charge on any atom is -0.339 e. The lowest BCUT2D eigenvalue weighted by Gasteiger charge is -2.28. The van der Waals surface area contributed by atoms with E-state index in [0.717, 1.165) is 11.3 Å². The first-order valence-corrected chi connectivity index (χ1v) is 12.1. The molecule has 4 amide bonds. The van der Waals surface area contributed by atoms with Gasteiger partial charge in [-0.15, -0.1) is 0 Å². The molecule has 1 fully saturated rings. The molecule has 0 aromatic heterocycles. The summed E-state index contributed by atoms with van der Waals surface area (Å²) in [7, 11) is 0. The van der Waals surface area contributed by atoms with Crippen molar-refractivity contribution in [2.24, 2.45) is 0 Å². The molecule has 0 atom stereocenters. The molecule has 1 aliphatic heterocycles. The summed E-state index contributed by atoms with van der Waals surface area (Å²) >= 11 is 0. The van der Waals surface area contributed by atoms with Crippen LogP contribution in [0.2, 0.25) is 0 Å². The maximum atomic E-state index is 13.8. The number of carbonyl (C=O) groups excluding carboxylic acids is 4. The molecule has 0 spiro atoms. The second-order valence-electron chi connectivity index (χ2n) is 8.69. The molecular weight excluding hydrogens is 454 g/mol. The average molecular weight is 484 g/mol. The number of amides is 4. The third-order valence-corrected chi connectivity index (χ3v) is 6.44. The summed E-state index contributed by atoms with van der Waals surface area (Å²) < 4.78 is 0. The summed E-state index contributed by atoms with van der Waals surface area (Å²) in [4.78, 5) is 55.3. The Kier molecular flexibility index (Phi) is 7.29. The fraction of sp³-hybridized carbons (Fsp3) is 0.241. The van der Waals surface area contributed by atoms with E-state index in [-0.39, 0.29) is 5.91 Å². The zero-order valence-corrected chi connectivity index (χ0v) is 20.4. The predicted molar refractivity (Wildman–Crippen MR) is 137 cm³/mol. The van der Waals surface area contributed by atoms with Gasteiger partial charge in [-0.1, -0.05) is 79.7 Å². The van der Waals surface area contributed by atoms with E-state index >= 15 is 0 Å². The fourth-order valence-electron chi connectivity index (χ4n) is 4.54. The molecule has 184 valence electrons. The Morgan fingerprint density at radius 2 is 1.33 bits per heavy atom. The van der Waals surface area contributed by atoms with Gasteiger partial charge in [0.25, 0.3) is 11.8 Å². The topological polar surface area (TPSA) is 86.8 Å². The minimum atomic E-state index is -1.42. The van der Waals surface area contributed by atoms with Crippen molar-refractivity contribution in [2.45, 2.75) is 25.8 Å². The van der Waals surface area contributed by atoms with Gasteiger partial charge < -0.3 is 10.2 Å². The first kappa shape index (κ1) is 24.9. The Hall–Kier alpha value is -4.26. The van der Waals surface area contributed by atoms with Crippen LogP contribution in [-0.4, -0.2) is 53.1 Å². The lowest BCUT2D eigenvalue weighted by atomic mass is 9.82. The van der Waals surface area contributed by atoms with E-state index in [9.17, 15) is 19.2 Å². The minimum absolute atomic E-state index is 0.0945. The highest BCUT2D eigenvalue weighted by atomic mass is 16.2. The van der Waals surface area contributed by atoms with Crippen molar-refractivity contribution < 1.29 is 19.2 Å². The molecule has 0 radical (unpaired) electrons. The van der Waals surface area contributed by atoms with Gasteiger partial charge in [-0.25, -0.2) is 4.79 Å². The summed E-state index contributed by atoms with van der Waals surface area (Å²) in [5.41, 5.74) is 0.616. The number of Topliss-reactive ketones (excluding diaryl/α,β-unsaturated/α-hetero) is 1. The molecule has 1 heterocycles. The van der Waals surface area contributed by atoms with Crippen molar-refractivity contribution in [3.05, 3.63) is 107 Å². The molecule has 1 N–H and O–H groups in total. The lowest BCUT2D eigenvalue weighted by molar-refractivity contribution is -0.129. The van der Waals surface area contributed by atoms with E-state index in [0.29, 0.717) is 35.3 Å². The van der Waals surface area contributed by atoms with E-state index in [1.807, 2.05) is 26.0 Å². The summed E-state index contributed by atoms with van der Waals surface area (Å²) in [6.07, 6.45) is 0.857. The van der Waals surface area contributed by atoms with Crippen molar-refractivity contribution in [1.29, 1.82) is 0 Å². The largest absolute Gasteiger partial charge is 0.339 e. The highest BCUT2D eigenvalue weighted by Crippen LogP contribution is 2.36. The SMILES string of the molecule is CCCN(CC)C(=O)c1ccc(C(=O)CN2C(=O)NC(c3ccccc3)(c3ccccc3)C2=O)cc1. The molecule has 3 aromatic carbocycles. The van der Waals surface area contributed by atoms with E-state index in [4.69, 9.17) is 0 Å². The van der Waals surface area contributed by atoms with Gasteiger partial charge in [0.15, 0.2) is 11.3 Å². The molecule has 0 saturated carbocycles. The van der Waals surface area contributed by atoms with Gasteiger partial charge in [0.2, 0.25) is 0 Å². The molecule has 4 rings (SSSR count). The number of benzene rings is 3. The van der Waals surface area contributed by atoms with Gasteiger partial charge >= 0.3 is 6.03 Å². The first-order chi connectivity index (χ1) is 17.4. The maximum Gasteiger partial charge on any atom is 0.325 e. The Morgan fingerprint density at radius 1 is 0.806 bits per heavy atom. The standard InChI is InChI=1S/C29H29N3O4/c1-3-19-31(4-2)26(34)22-17-15-21(16-18-22)25(33)20-32-27(35)29(30-28(32)36,23-11-7-5-8-12-23)24-13-9-6-10-14-24/h5-18H,3-4,19-20H2,1-2H3,(H,30,36). The van der Waals surface area contributed by atoms with Crippen LogP contribution >= 0.6 is 0 Å². The maximum absolute atomic E-state index is 13.8. The van der Waals surface area contributed by atoms with Gasteiger partial charge in [-0.2, -0.15) is 0 Å². The molecular formula is C29H29N3O4. The molecule has 7 nitrogen and oxygen atoms in total. The highest BCUT2D eigenvalue weighted by molar-refractivity contribution is 6.13. The van der Waals surface area contributed by atoms with Crippen molar-refractivity contribution >= 4 is 23.6 Å². The van der Waals surface area contributed by atoms with Crippen molar-refractivity contribution in [1.82, 2.24) is 15.1 Å². The van der Waals surface area contributed by atoms with Crippen LogP contribution in [-0.2, 0) is 10.3 Å². The zero-order valence-electron chi connectivity index (χ0n) is 20.4. The van der Waals surface area contributed by atoms with Crippen molar-refractivity contribution in [2.75, 3.05) is 19.6 Å². The Balaban J connectivity index is 1.58. The van der Waals surface area contributed by atoms with Crippen LogP contribution in [0, 0.1) is 0 Å². The number of nitrogens with one attached hydrogen (secondary N) is 1. The monoisotopic (exact) mass is 483 g/mol. The van der Waals surface area contributed by atoms with Crippen LogP contribution in [0.1, 0.15) is 52.1 Å². The van der Waals surface area contributed by atoms with Gasteiger partial charge in [0.1, 0.15) is 0 Å². The number of ketones is 1. The summed E-state index contributed by atoms with van der Waals surface area (Å²) in [6.45, 7) is 4.79. The molecule has 1 saturated heterocycles. The van der Waals surface area contributed by atoms with Crippen LogP contribution in [0.25, 0.3) is 0 Å². The van der Waals surface area contributed by atoms with Crippen molar-refractivity contribution in [3.63, 3.8) is 0 Å². The quantitative estimate of drug-likeness (QED) is 0.364.